The molecule has 0 bridgehead atoms. The Kier molecular flexibility index (Phi) is 6.28. The second kappa shape index (κ2) is 8.52. The van der Waals surface area contributed by atoms with Gasteiger partial charge in [-0.3, -0.25) is 0 Å². The van der Waals surface area contributed by atoms with E-state index < -0.39 is 33.7 Å². The summed E-state index contributed by atoms with van der Waals surface area (Å²) in [5.74, 6) is -2.40. The fraction of sp³-hybridized carbons (Fsp3) is 0.353. The van der Waals surface area contributed by atoms with Crippen LogP contribution in [0.4, 0.5) is 8.78 Å². The number of sulfonamides is 1. The third-order valence-corrected chi connectivity index (χ3v) is 6.97. The second-order valence-corrected chi connectivity index (χ2v) is 8.67. The van der Waals surface area contributed by atoms with E-state index in [1.54, 1.807) is 0 Å². The van der Waals surface area contributed by atoms with Gasteiger partial charge in [0.2, 0.25) is 10.0 Å². The van der Waals surface area contributed by atoms with Gasteiger partial charge in [0.1, 0.15) is 28.3 Å². The van der Waals surface area contributed by atoms with Crippen LogP contribution < -0.4 is 4.74 Å². The minimum absolute atomic E-state index is 0.0105. The molecular formula is C17H17F2NO6S2. The molecule has 1 unspecified atom stereocenters. The number of benzene rings is 1. The Morgan fingerprint density at radius 1 is 1.36 bits per heavy atom. The van der Waals surface area contributed by atoms with Crippen LogP contribution in [-0.2, 0) is 19.5 Å². The molecule has 1 aliphatic rings. The highest BCUT2D eigenvalue weighted by molar-refractivity contribution is 7.89. The topological polar surface area (TPSA) is 82.1 Å². The SMILES string of the molecule is COC(=O)c1sccc1S(=O)(=O)N1CCOC(COc2cc(F)ccc2F)C1. The summed E-state index contributed by atoms with van der Waals surface area (Å²) in [6.45, 7) is -0.0458. The molecule has 1 saturated heterocycles. The van der Waals surface area contributed by atoms with Crippen molar-refractivity contribution < 1.29 is 36.2 Å². The van der Waals surface area contributed by atoms with Gasteiger partial charge in [-0.15, -0.1) is 11.3 Å². The molecule has 0 N–H and O–H groups in total. The zero-order chi connectivity index (χ0) is 20.3. The fourth-order valence-corrected chi connectivity index (χ4v) is 5.43. The van der Waals surface area contributed by atoms with Crippen LogP contribution in [0.5, 0.6) is 5.75 Å². The van der Waals surface area contributed by atoms with E-state index in [-0.39, 0.29) is 41.8 Å². The van der Waals surface area contributed by atoms with Gasteiger partial charge in [0.25, 0.3) is 0 Å². The lowest BCUT2D eigenvalue weighted by Crippen LogP contribution is -2.47. The number of thiophene rings is 1. The summed E-state index contributed by atoms with van der Waals surface area (Å²) >= 11 is 0.971. The van der Waals surface area contributed by atoms with E-state index in [9.17, 15) is 22.0 Å². The molecule has 1 atom stereocenters. The van der Waals surface area contributed by atoms with Gasteiger partial charge < -0.3 is 14.2 Å². The molecule has 152 valence electrons. The zero-order valence-electron chi connectivity index (χ0n) is 14.8. The highest BCUT2D eigenvalue weighted by atomic mass is 32.2. The molecule has 0 aliphatic carbocycles. The molecule has 0 spiro atoms. The molecular weight excluding hydrogens is 416 g/mol. The molecule has 0 radical (unpaired) electrons. The van der Waals surface area contributed by atoms with Crippen LogP contribution in [-0.4, -0.2) is 58.2 Å². The Hall–Kier alpha value is -2.08. The average Bonchev–Trinajstić information content (AvgIpc) is 3.19. The molecule has 7 nitrogen and oxygen atoms in total. The van der Waals surface area contributed by atoms with Crippen molar-refractivity contribution in [3.05, 3.63) is 46.2 Å². The van der Waals surface area contributed by atoms with Crippen molar-refractivity contribution in [3.8, 4) is 5.75 Å². The van der Waals surface area contributed by atoms with Crippen molar-refractivity contribution >= 4 is 27.3 Å². The zero-order valence-corrected chi connectivity index (χ0v) is 16.4. The van der Waals surface area contributed by atoms with Gasteiger partial charge in [-0.2, -0.15) is 4.31 Å². The summed E-state index contributed by atoms with van der Waals surface area (Å²) in [6, 6.07) is 4.15. The van der Waals surface area contributed by atoms with E-state index in [0.717, 1.165) is 29.5 Å². The Morgan fingerprint density at radius 2 is 2.14 bits per heavy atom. The van der Waals surface area contributed by atoms with E-state index >= 15 is 0 Å². The number of esters is 1. The highest BCUT2D eigenvalue weighted by Crippen LogP contribution is 2.27. The first-order chi connectivity index (χ1) is 13.3. The Bertz CT molecular complexity index is 962. The first kappa shape index (κ1) is 20.6. The quantitative estimate of drug-likeness (QED) is 0.650. The number of rotatable bonds is 6. The van der Waals surface area contributed by atoms with E-state index in [1.165, 1.54) is 22.9 Å². The summed E-state index contributed by atoms with van der Waals surface area (Å²) in [7, 11) is -2.79. The van der Waals surface area contributed by atoms with Gasteiger partial charge in [0, 0.05) is 19.2 Å². The van der Waals surface area contributed by atoms with Gasteiger partial charge in [0.05, 0.1) is 13.7 Å². The van der Waals surface area contributed by atoms with Crippen molar-refractivity contribution in [1.82, 2.24) is 4.31 Å². The van der Waals surface area contributed by atoms with Crippen molar-refractivity contribution in [2.75, 3.05) is 33.4 Å². The van der Waals surface area contributed by atoms with E-state index in [0.29, 0.717) is 0 Å². The van der Waals surface area contributed by atoms with Crippen LogP contribution in [0.3, 0.4) is 0 Å². The number of ether oxygens (including phenoxy) is 3. The van der Waals surface area contributed by atoms with E-state index in [1.807, 2.05) is 0 Å². The Morgan fingerprint density at radius 3 is 2.89 bits per heavy atom. The fourth-order valence-electron chi connectivity index (χ4n) is 2.66. The number of carbonyl (C=O) groups is 1. The van der Waals surface area contributed by atoms with Crippen LogP contribution >= 0.6 is 11.3 Å². The lowest BCUT2D eigenvalue weighted by molar-refractivity contribution is -0.0255. The molecule has 2 heterocycles. The largest absolute Gasteiger partial charge is 0.488 e. The smallest absolute Gasteiger partial charge is 0.349 e. The standard InChI is InChI=1S/C17H17F2NO6S2/c1-24-17(21)16-15(4-7-27-16)28(22,23)20-5-6-25-12(9-20)10-26-14-8-11(18)2-3-13(14)19/h2-4,7-8,12H,5-6,9-10H2,1H3. The maximum absolute atomic E-state index is 13.6. The van der Waals surface area contributed by atoms with Crippen molar-refractivity contribution in [3.63, 3.8) is 0 Å². The number of morpholine rings is 1. The first-order valence-corrected chi connectivity index (χ1v) is 10.5. The molecule has 0 amide bonds. The minimum atomic E-state index is -3.96. The molecule has 3 rings (SSSR count). The first-order valence-electron chi connectivity index (χ1n) is 8.18. The maximum atomic E-state index is 13.6. The summed E-state index contributed by atoms with van der Waals surface area (Å²) in [6.07, 6.45) is -0.689. The summed E-state index contributed by atoms with van der Waals surface area (Å²) in [4.78, 5) is 11.7. The van der Waals surface area contributed by atoms with Crippen LogP contribution in [0.25, 0.3) is 0 Å². The van der Waals surface area contributed by atoms with E-state index in [4.69, 9.17) is 9.47 Å². The minimum Gasteiger partial charge on any atom is -0.488 e. The number of carbonyl (C=O) groups excluding carboxylic acids is 1. The predicted octanol–water partition coefficient (Wildman–Crippen LogP) is 2.28. The van der Waals surface area contributed by atoms with Crippen LogP contribution in [0.1, 0.15) is 9.67 Å². The monoisotopic (exact) mass is 433 g/mol. The number of hydrogen-bond donors (Lipinski definition) is 0. The van der Waals surface area contributed by atoms with Gasteiger partial charge in [-0.05, 0) is 23.6 Å². The van der Waals surface area contributed by atoms with Gasteiger partial charge in [-0.25, -0.2) is 22.0 Å². The molecule has 1 aromatic heterocycles. The molecule has 1 aromatic carbocycles. The van der Waals surface area contributed by atoms with Crippen molar-refractivity contribution in [1.29, 1.82) is 0 Å². The number of nitrogens with zero attached hydrogens (tertiary/aromatic N) is 1. The molecule has 1 aliphatic heterocycles. The van der Waals surface area contributed by atoms with Crippen molar-refractivity contribution in [2.45, 2.75) is 11.0 Å². The predicted molar refractivity (Wildman–Crippen MR) is 96.0 cm³/mol. The molecule has 11 heteroatoms. The van der Waals surface area contributed by atoms with Gasteiger partial charge in [-0.1, -0.05) is 0 Å². The van der Waals surface area contributed by atoms with E-state index in [2.05, 4.69) is 4.74 Å². The second-order valence-electron chi connectivity index (χ2n) is 5.85. The molecule has 1 fully saturated rings. The number of methoxy groups -OCH3 is 1. The lowest BCUT2D eigenvalue weighted by atomic mass is 10.3. The van der Waals surface area contributed by atoms with Crippen LogP contribution in [0, 0.1) is 11.6 Å². The average molecular weight is 433 g/mol. The summed E-state index contributed by atoms with van der Waals surface area (Å²) in [5.41, 5.74) is 0. The normalized spacial score (nSPS) is 18.0. The van der Waals surface area contributed by atoms with Crippen molar-refractivity contribution in [2.24, 2.45) is 0 Å². The summed E-state index contributed by atoms with van der Waals surface area (Å²) < 4.78 is 69.2. The highest BCUT2D eigenvalue weighted by Gasteiger charge is 2.34. The summed E-state index contributed by atoms with van der Waals surface area (Å²) in [5, 5.41) is 1.49. The van der Waals surface area contributed by atoms with Crippen LogP contribution in [0.15, 0.2) is 34.5 Å². The molecule has 28 heavy (non-hydrogen) atoms. The van der Waals surface area contributed by atoms with Gasteiger partial charge >= 0.3 is 5.97 Å². The Labute approximate surface area is 164 Å². The molecule has 2 aromatic rings. The lowest BCUT2D eigenvalue weighted by Gasteiger charge is -2.32. The Balaban J connectivity index is 1.71. The van der Waals surface area contributed by atoms with Crippen LogP contribution in [0.2, 0.25) is 0 Å². The maximum Gasteiger partial charge on any atom is 0.349 e. The third kappa shape index (κ3) is 4.32. The third-order valence-electron chi connectivity index (χ3n) is 4.04. The number of hydrogen-bond acceptors (Lipinski definition) is 7. The van der Waals surface area contributed by atoms with Gasteiger partial charge in [0.15, 0.2) is 11.6 Å². The number of halogens is 2. The molecule has 0 saturated carbocycles.